The van der Waals surface area contributed by atoms with E-state index in [1.165, 1.54) is 18.2 Å². The van der Waals surface area contributed by atoms with E-state index in [-0.39, 0.29) is 17.0 Å². The second kappa shape index (κ2) is 5.38. The Morgan fingerprint density at radius 2 is 2.04 bits per heavy atom. The fraction of sp³-hybridized carbons (Fsp3) is 0.167. The van der Waals surface area contributed by atoms with Crippen LogP contribution in [0.4, 0.5) is 14.5 Å². The number of aromatic amines is 1. The molecule has 25 heavy (non-hydrogen) atoms. The highest BCUT2D eigenvalue weighted by Gasteiger charge is 2.33. The molecule has 1 aliphatic heterocycles. The SMILES string of the molecule is C[C@@H]1Nc2cc(F)cc3c(=O)[nH]nc(c23)[C@H]1c1ccc(C#N)cc1F. The first-order valence-corrected chi connectivity index (χ1v) is 7.67. The molecule has 4 rings (SSSR count). The van der Waals surface area contributed by atoms with E-state index < -0.39 is 23.1 Å². The summed E-state index contributed by atoms with van der Waals surface area (Å²) in [7, 11) is 0. The van der Waals surface area contributed by atoms with Crippen LogP contribution in [0.2, 0.25) is 0 Å². The summed E-state index contributed by atoms with van der Waals surface area (Å²) in [5, 5.41) is 19.2. The number of halogens is 2. The van der Waals surface area contributed by atoms with E-state index in [1.54, 1.807) is 6.07 Å². The van der Waals surface area contributed by atoms with Gasteiger partial charge in [-0.1, -0.05) is 6.07 Å². The minimum Gasteiger partial charge on any atom is -0.381 e. The quantitative estimate of drug-likeness (QED) is 0.715. The van der Waals surface area contributed by atoms with Crippen molar-refractivity contribution in [2.45, 2.75) is 18.9 Å². The average Bonchev–Trinajstić information content (AvgIpc) is 2.58. The first-order valence-electron chi connectivity index (χ1n) is 7.67. The van der Waals surface area contributed by atoms with Gasteiger partial charge in [0.05, 0.1) is 28.6 Å². The summed E-state index contributed by atoms with van der Waals surface area (Å²) in [5.41, 5.74) is 1.00. The number of nitriles is 1. The van der Waals surface area contributed by atoms with Crippen molar-refractivity contribution in [3.8, 4) is 6.07 Å². The monoisotopic (exact) mass is 338 g/mol. The number of hydrogen-bond donors (Lipinski definition) is 2. The fourth-order valence-electron chi connectivity index (χ4n) is 3.46. The Morgan fingerprint density at radius 1 is 1.24 bits per heavy atom. The largest absolute Gasteiger partial charge is 0.381 e. The van der Waals surface area contributed by atoms with Crippen molar-refractivity contribution in [1.29, 1.82) is 5.26 Å². The number of rotatable bonds is 1. The second-order valence-corrected chi connectivity index (χ2v) is 6.07. The lowest BCUT2D eigenvalue weighted by molar-refractivity contribution is 0.567. The van der Waals surface area contributed by atoms with E-state index >= 15 is 0 Å². The number of hydrogen-bond acceptors (Lipinski definition) is 4. The number of nitrogens with one attached hydrogen (secondary N) is 2. The van der Waals surface area contributed by atoms with Crippen LogP contribution in [0.25, 0.3) is 10.8 Å². The summed E-state index contributed by atoms with van der Waals surface area (Å²) in [6, 6.07) is 8.30. The third-order valence-corrected chi connectivity index (χ3v) is 4.52. The van der Waals surface area contributed by atoms with E-state index in [0.717, 1.165) is 6.07 Å². The minimum absolute atomic E-state index is 0.165. The van der Waals surface area contributed by atoms with Gasteiger partial charge in [-0.3, -0.25) is 4.79 Å². The lowest BCUT2D eigenvalue weighted by atomic mass is 9.83. The molecule has 2 heterocycles. The Kier molecular flexibility index (Phi) is 3.29. The number of H-pyrrole nitrogens is 1. The number of anilines is 1. The predicted octanol–water partition coefficient (Wildman–Crippen LogP) is 3.02. The van der Waals surface area contributed by atoms with Crippen LogP contribution in [-0.4, -0.2) is 16.2 Å². The lowest BCUT2D eigenvalue weighted by Gasteiger charge is -2.32. The molecule has 1 aromatic heterocycles. The van der Waals surface area contributed by atoms with E-state index in [0.29, 0.717) is 22.3 Å². The number of nitrogens with zero attached hydrogens (tertiary/aromatic N) is 2. The summed E-state index contributed by atoms with van der Waals surface area (Å²) >= 11 is 0. The highest BCUT2D eigenvalue weighted by molar-refractivity contribution is 5.97. The molecule has 2 atom stereocenters. The Labute approximate surface area is 140 Å². The topological polar surface area (TPSA) is 81.6 Å². The molecule has 124 valence electrons. The van der Waals surface area contributed by atoms with Crippen molar-refractivity contribution in [2.75, 3.05) is 5.32 Å². The third-order valence-electron chi connectivity index (χ3n) is 4.52. The Morgan fingerprint density at radius 3 is 2.76 bits per heavy atom. The van der Waals surface area contributed by atoms with Crippen LogP contribution in [0.15, 0.2) is 35.1 Å². The zero-order chi connectivity index (χ0) is 17.7. The normalized spacial score (nSPS) is 18.6. The van der Waals surface area contributed by atoms with Gasteiger partial charge in [-0.15, -0.1) is 0 Å². The maximum atomic E-state index is 14.6. The molecule has 0 saturated heterocycles. The standard InChI is InChI=1S/C18H12F2N4O/c1-8-15(11-3-2-9(7-21)4-13(11)20)17-16-12(18(25)24-23-17)5-10(19)6-14(16)22-8/h2-6,8,15,22H,1H3,(H,24,25)/t8-,15+/m0/s1. The maximum absolute atomic E-state index is 14.6. The van der Waals surface area contributed by atoms with Crippen molar-refractivity contribution in [1.82, 2.24) is 10.2 Å². The maximum Gasteiger partial charge on any atom is 0.272 e. The third kappa shape index (κ3) is 2.26. The van der Waals surface area contributed by atoms with Crippen LogP contribution in [-0.2, 0) is 0 Å². The number of aromatic nitrogens is 2. The van der Waals surface area contributed by atoms with Crippen LogP contribution in [0.3, 0.4) is 0 Å². The van der Waals surface area contributed by atoms with Crippen LogP contribution in [0.1, 0.15) is 29.7 Å². The highest BCUT2D eigenvalue weighted by atomic mass is 19.1. The zero-order valence-electron chi connectivity index (χ0n) is 13.1. The molecule has 2 N–H and O–H groups in total. The van der Waals surface area contributed by atoms with Crippen LogP contribution < -0.4 is 10.9 Å². The van der Waals surface area contributed by atoms with Crippen LogP contribution in [0.5, 0.6) is 0 Å². The molecule has 0 spiro atoms. The molecule has 0 amide bonds. The Balaban J connectivity index is 2.02. The van der Waals surface area contributed by atoms with Crippen molar-refractivity contribution < 1.29 is 8.78 Å². The molecule has 3 aromatic rings. The molecule has 5 nitrogen and oxygen atoms in total. The molecular weight excluding hydrogens is 326 g/mol. The van der Waals surface area contributed by atoms with Gasteiger partial charge in [-0.25, -0.2) is 13.9 Å². The van der Waals surface area contributed by atoms with Crippen molar-refractivity contribution in [3.05, 3.63) is 69.1 Å². The fourth-order valence-corrected chi connectivity index (χ4v) is 3.46. The average molecular weight is 338 g/mol. The highest BCUT2D eigenvalue weighted by Crippen LogP contribution is 2.40. The summed E-state index contributed by atoms with van der Waals surface area (Å²) in [5.74, 6) is -1.55. The van der Waals surface area contributed by atoms with Gasteiger partial charge < -0.3 is 5.32 Å². The summed E-state index contributed by atoms with van der Waals surface area (Å²) in [6.45, 7) is 1.83. The van der Waals surface area contributed by atoms with Gasteiger partial charge in [0.1, 0.15) is 11.6 Å². The van der Waals surface area contributed by atoms with E-state index in [1.807, 2.05) is 13.0 Å². The molecule has 0 unspecified atom stereocenters. The lowest BCUT2D eigenvalue weighted by Crippen LogP contribution is -2.32. The molecular formula is C18H12F2N4O. The minimum atomic E-state index is -0.534. The summed E-state index contributed by atoms with van der Waals surface area (Å²) < 4.78 is 28.4. The first-order chi connectivity index (χ1) is 12.0. The van der Waals surface area contributed by atoms with Crippen molar-refractivity contribution in [2.24, 2.45) is 0 Å². The molecule has 2 aromatic carbocycles. The molecule has 0 saturated carbocycles. The van der Waals surface area contributed by atoms with E-state index in [4.69, 9.17) is 5.26 Å². The molecule has 1 aliphatic rings. The molecule has 0 fully saturated rings. The summed E-state index contributed by atoms with van der Waals surface area (Å²) in [4.78, 5) is 12.0. The predicted molar refractivity (Wildman–Crippen MR) is 88.4 cm³/mol. The summed E-state index contributed by atoms with van der Waals surface area (Å²) in [6.07, 6.45) is 0. The zero-order valence-corrected chi connectivity index (χ0v) is 13.1. The van der Waals surface area contributed by atoms with Gasteiger partial charge in [-0.2, -0.15) is 10.4 Å². The van der Waals surface area contributed by atoms with E-state index in [2.05, 4.69) is 15.5 Å². The van der Waals surface area contributed by atoms with Gasteiger partial charge in [0.25, 0.3) is 5.56 Å². The number of benzene rings is 2. The van der Waals surface area contributed by atoms with Gasteiger partial charge >= 0.3 is 0 Å². The van der Waals surface area contributed by atoms with E-state index in [9.17, 15) is 13.6 Å². The Bertz CT molecular complexity index is 1120. The first kappa shape index (κ1) is 15.3. The molecule has 0 aliphatic carbocycles. The smallest absolute Gasteiger partial charge is 0.272 e. The second-order valence-electron chi connectivity index (χ2n) is 6.07. The molecule has 0 radical (unpaired) electrons. The van der Waals surface area contributed by atoms with Crippen LogP contribution >= 0.6 is 0 Å². The van der Waals surface area contributed by atoms with Gasteiger partial charge in [0, 0.05) is 17.1 Å². The van der Waals surface area contributed by atoms with Gasteiger partial charge in [0.15, 0.2) is 0 Å². The van der Waals surface area contributed by atoms with Crippen molar-refractivity contribution >= 4 is 16.5 Å². The van der Waals surface area contributed by atoms with Crippen molar-refractivity contribution in [3.63, 3.8) is 0 Å². The molecule has 0 bridgehead atoms. The van der Waals surface area contributed by atoms with Crippen LogP contribution in [0, 0.1) is 23.0 Å². The molecule has 7 heteroatoms. The van der Waals surface area contributed by atoms with Gasteiger partial charge in [-0.05, 0) is 36.8 Å². The Hall–Kier alpha value is -3.27. The van der Waals surface area contributed by atoms with Gasteiger partial charge in [0.2, 0.25) is 0 Å².